The van der Waals surface area contributed by atoms with Gasteiger partial charge in [-0.3, -0.25) is 4.79 Å². The Morgan fingerprint density at radius 1 is 0.968 bits per heavy atom. The zero-order valence-corrected chi connectivity index (χ0v) is 18.0. The Kier molecular flexibility index (Phi) is 9.29. The van der Waals surface area contributed by atoms with Crippen LogP contribution in [0.3, 0.4) is 0 Å². The summed E-state index contributed by atoms with van der Waals surface area (Å²) in [7, 11) is 1.55. The molecule has 0 saturated heterocycles. The molecule has 7 heteroatoms. The van der Waals surface area contributed by atoms with Crippen LogP contribution in [0.5, 0.6) is 5.75 Å². The van der Waals surface area contributed by atoms with Crippen LogP contribution in [0.1, 0.15) is 42.6 Å². The summed E-state index contributed by atoms with van der Waals surface area (Å²) in [5, 5.41) is 2.98. The average molecular weight is 425 g/mol. The second kappa shape index (κ2) is 12.2. The number of carbonyl (C=O) groups is 3. The predicted octanol–water partition coefficient (Wildman–Crippen LogP) is 4.28. The van der Waals surface area contributed by atoms with Crippen LogP contribution in [0.2, 0.25) is 0 Å². The number of methoxy groups -OCH3 is 1. The number of carbonyl (C=O) groups excluding carboxylic acids is 3. The van der Waals surface area contributed by atoms with E-state index in [1.54, 1.807) is 62.6 Å². The molecule has 0 spiro atoms. The minimum Gasteiger partial charge on any atom is -0.497 e. The van der Waals surface area contributed by atoms with E-state index in [-0.39, 0.29) is 31.0 Å². The molecule has 0 fully saturated rings. The molecule has 0 bridgehead atoms. The maximum Gasteiger partial charge on any atom is 0.343 e. The largest absolute Gasteiger partial charge is 0.497 e. The average Bonchev–Trinajstić information content (AvgIpc) is 2.78. The van der Waals surface area contributed by atoms with Crippen LogP contribution >= 0.6 is 0 Å². The summed E-state index contributed by atoms with van der Waals surface area (Å²) in [6.07, 6.45) is 2.21. The maximum absolute atomic E-state index is 12.3. The van der Waals surface area contributed by atoms with E-state index in [4.69, 9.17) is 14.2 Å². The summed E-state index contributed by atoms with van der Waals surface area (Å²) in [6.45, 7) is 3.73. The number of benzene rings is 2. The van der Waals surface area contributed by atoms with Crippen molar-refractivity contribution in [2.75, 3.05) is 19.0 Å². The van der Waals surface area contributed by atoms with Crippen LogP contribution in [-0.2, 0) is 25.7 Å². The molecule has 0 saturated carbocycles. The minimum absolute atomic E-state index is 0.0134. The number of nitrogens with one attached hydrogen (secondary N) is 1. The molecule has 0 amide bonds. The molecule has 0 aliphatic carbocycles. The minimum atomic E-state index is -0.670. The number of anilines is 1. The summed E-state index contributed by atoms with van der Waals surface area (Å²) < 4.78 is 15.5. The highest BCUT2D eigenvalue weighted by Gasteiger charge is 2.19. The smallest absolute Gasteiger partial charge is 0.343 e. The molecule has 0 atom stereocenters. The van der Waals surface area contributed by atoms with E-state index in [0.717, 1.165) is 0 Å². The molecule has 31 heavy (non-hydrogen) atoms. The van der Waals surface area contributed by atoms with E-state index in [1.165, 1.54) is 6.20 Å². The number of para-hydroxylation sites is 1. The molecule has 0 unspecified atom stereocenters. The first-order valence-corrected chi connectivity index (χ1v) is 10.1. The third-order valence-corrected chi connectivity index (χ3v) is 4.35. The van der Waals surface area contributed by atoms with Crippen molar-refractivity contribution in [3.05, 3.63) is 71.4 Å². The van der Waals surface area contributed by atoms with Crippen LogP contribution < -0.4 is 10.1 Å². The number of hydrogen-bond acceptors (Lipinski definition) is 7. The molecule has 2 aromatic carbocycles. The summed E-state index contributed by atoms with van der Waals surface area (Å²) in [6, 6.07) is 13.8. The van der Waals surface area contributed by atoms with Crippen molar-refractivity contribution in [3.63, 3.8) is 0 Å². The van der Waals surface area contributed by atoms with E-state index < -0.39 is 11.9 Å². The second-order valence-corrected chi connectivity index (χ2v) is 6.56. The zero-order chi connectivity index (χ0) is 22.6. The number of ketones is 1. The fraction of sp³-hybridized carbons (Fsp3) is 0.292. The van der Waals surface area contributed by atoms with Gasteiger partial charge in [-0.2, -0.15) is 0 Å². The van der Waals surface area contributed by atoms with Gasteiger partial charge in [0, 0.05) is 23.9 Å². The first-order valence-electron chi connectivity index (χ1n) is 10.1. The van der Waals surface area contributed by atoms with Gasteiger partial charge in [0.2, 0.25) is 0 Å². The highest BCUT2D eigenvalue weighted by atomic mass is 16.5. The third-order valence-electron chi connectivity index (χ3n) is 4.35. The Morgan fingerprint density at radius 3 is 2.32 bits per heavy atom. The van der Waals surface area contributed by atoms with E-state index in [9.17, 15) is 14.4 Å². The quantitative estimate of drug-likeness (QED) is 0.249. The van der Waals surface area contributed by atoms with Gasteiger partial charge in [0.15, 0.2) is 5.78 Å². The van der Waals surface area contributed by atoms with Crippen LogP contribution in [0.25, 0.3) is 0 Å². The fourth-order valence-corrected chi connectivity index (χ4v) is 2.71. The fourth-order valence-electron chi connectivity index (χ4n) is 2.71. The molecule has 2 rings (SSSR count). The van der Waals surface area contributed by atoms with Gasteiger partial charge < -0.3 is 19.5 Å². The van der Waals surface area contributed by atoms with Gasteiger partial charge in [-0.15, -0.1) is 0 Å². The molecule has 0 aliphatic rings. The Labute approximate surface area is 182 Å². The molecular weight excluding hydrogens is 398 g/mol. The van der Waals surface area contributed by atoms with Crippen molar-refractivity contribution < 1.29 is 28.6 Å². The predicted molar refractivity (Wildman–Crippen MR) is 117 cm³/mol. The molecule has 2 aromatic rings. The topological polar surface area (TPSA) is 90.9 Å². The number of esters is 2. The van der Waals surface area contributed by atoms with Gasteiger partial charge in [-0.25, -0.2) is 9.59 Å². The lowest BCUT2D eigenvalue weighted by atomic mass is 10.1. The van der Waals surface area contributed by atoms with Gasteiger partial charge in [-0.1, -0.05) is 25.1 Å². The van der Waals surface area contributed by atoms with Crippen molar-refractivity contribution in [1.82, 2.24) is 0 Å². The Balaban J connectivity index is 2.12. The van der Waals surface area contributed by atoms with E-state index in [2.05, 4.69) is 5.32 Å². The zero-order valence-electron chi connectivity index (χ0n) is 18.0. The van der Waals surface area contributed by atoms with Gasteiger partial charge in [0.05, 0.1) is 19.3 Å². The molecule has 0 aliphatic heterocycles. The monoisotopic (exact) mass is 425 g/mol. The van der Waals surface area contributed by atoms with Crippen LogP contribution in [0.15, 0.2) is 60.3 Å². The maximum atomic E-state index is 12.3. The lowest BCUT2D eigenvalue weighted by Gasteiger charge is -2.12. The third kappa shape index (κ3) is 6.99. The first-order chi connectivity index (χ1) is 15.0. The molecule has 164 valence electrons. The molecule has 1 N–H and O–H groups in total. The SMILES string of the molecule is CCCC(=O)/C(=C/Nc1ccccc1COC(=O)c1ccc(OC)cc1)C(=O)OCC. The number of Topliss-reactive ketones (excluding diaryl/α,β-unsaturated/α-hetero) is 1. The van der Waals surface area contributed by atoms with Crippen molar-refractivity contribution in [3.8, 4) is 5.75 Å². The van der Waals surface area contributed by atoms with Gasteiger partial charge in [0.1, 0.15) is 17.9 Å². The molecular formula is C24H27NO6. The standard InChI is InChI=1S/C24H27NO6/c1-4-8-22(26)20(24(28)30-5-2)15-25-21-10-7-6-9-18(21)16-31-23(27)17-11-13-19(29-3)14-12-17/h6-7,9-15,25H,4-5,8,16H2,1-3H3/b20-15-. The normalized spacial score (nSPS) is 10.9. The van der Waals surface area contributed by atoms with E-state index >= 15 is 0 Å². The summed E-state index contributed by atoms with van der Waals surface area (Å²) in [4.78, 5) is 36.8. The number of rotatable bonds is 11. The molecule has 0 radical (unpaired) electrons. The summed E-state index contributed by atoms with van der Waals surface area (Å²) >= 11 is 0. The molecule has 0 aromatic heterocycles. The van der Waals surface area contributed by atoms with Crippen molar-refractivity contribution in [2.45, 2.75) is 33.3 Å². The number of hydrogen-bond donors (Lipinski definition) is 1. The Morgan fingerprint density at radius 2 is 1.68 bits per heavy atom. The van der Waals surface area contributed by atoms with Crippen molar-refractivity contribution in [2.24, 2.45) is 0 Å². The summed E-state index contributed by atoms with van der Waals surface area (Å²) in [5.41, 5.74) is 1.65. The van der Waals surface area contributed by atoms with E-state index in [0.29, 0.717) is 29.0 Å². The van der Waals surface area contributed by atoms with Crippen LogP contribution in [-0.4, -0.2) is 31.4 Å². The van der Waals surface area contributed by atoms with Gasteiger partial charge in [-0.05, 0) is 43.7 Å². The van der Waals surface area contributed by atoms with E-state index in [1.807, 2.05) is 6.92 Å². The lowest BCUT2D eigenvalue weighted by Crippen LogP contribution is -2.17. The lowest BCUT2D eigenvalue weighted by molar-refractivity contribution is -0.140. The molecule has 0 heterocycles. The van der Waals surface area contributed by atoms with Gasteiger partial charge >= 0.3 is 11.9 Å². The second-order valence-electron chi connectivity index (χ2n) is 6.56. The van der Waals surface area contributed by atoms with Crippen LogP contribution in [0, 0.1) is 0 Å². The van der Waals surface area contributed by atoms with Crippen molar-refractivity contribution in [1.29, 1.82) is 0 Å². The van der Waals surface area contributed by atoms with Gasteiger partial charge in [0.25, 0.3) is 0 Å². The Hall–Kier alpha value is -3.61. The highest BCUT2D eigenvalue weighted by Crippen LogP contribution is 2.19. The molecule has 7 nitrogen and oxygen atoms in total. The van der Waals surface area contributed by atoms with Crippen molar-refractivity contribution >= 4 is 23.4 Å². The highest BCUT2D eigenvalue weighted by molar-refractivity contribution is 6.17. The first kappa shape index (κ1) is 23.7. The van der Waals surface area contributed by atoms with Crippen LogP contribution in [0.4, 0.5) is 5.69 Å². The number of ether oxygens (including phenoxy) is 3. The summed E-state index contributed by atoms with van der Waals surface area (Å²) in [5.74, 6) is -0.792. The Bertz CT molecular complexity index is 913.